The van der Waals surface area contributed by atoms with E-state index in [9.17, 15) is 15.5 Å². The molecule has 0 saturated heterocycles. The van der Waals surface area contributed by atoms with Gasteiger partial charge in [0.05, 0.1) is 18.3 Å². The summed E-state index contributed by atoms with van der Waals surface area (Å²) < 4.78 is 0. The van der Waals surface area contributed by atoms with Crippen molar-refractivity contribution >= 4 is 23.3 Å². The number of hydrazone groups is 1. The van der Waals surface area contributed by atoms with Gasteiger partial charge in [0.25, 0.3) is 0 Å². The van der Waals surface area contributed by atoms with Gasteiger partial charge >= 0.3 is 0 Å². The molecule has 0 fully saturated rings. The lowest BCUT2D eigenvalue weighted by atomic mass is 10.1. The molecule has 2 unspecified atom stereocenters. The van der Waals surface area contributed by atoms with E-state index in [1.165, 1.54) is 25.3 Å². The molecule has 0 heterocycles. The zero-order valence-corrected chi connectivity index (χ0v) is 11.9. The first-order valence-corrected chi connectivity index (χ1v) is 6.57. The van der Waals surface area contributed by atoms with Crippen molar-refractivity contribution in [1.29, 1.82) is 0 Å². The number of anilines is 1. The Morgan fingerprint density at radius 3 is 2.50 bits per heavy atom. The molecule has 10 nitrogen and oxygen atoms in total. The molecule has 1 aromatic carbocycles. The second-order valence-corrected chi connectivity index (χ2v) is 4.68. The zero-order chi connectivity index (χ0) is 16.7. The minimum Gasteiger partial charge on any atom is -0.595 e. The Morgan fingerprint density at radius 2 is 1.95 bits per heavy atom. The summed E-state index contributed by atoms with van der Waals surface area (Å²) in [5.74, 6) is 0. The van der Waals surface area contributed by atoms with Gasteiger partial charge in [-0.2, -0.15) is 15.6 Å². The van der Waals surface area contributed by atoms with Gasteiger partial charge in [-0.05, 0) is 25.8 Å². The molecule has 0 aliphatic heterocycles. The highest BCUT2D eigenvalue weighted by molar-refractivity contribution is 5.67. The quantitative estimate of drug-likeness (QED) is 0.225. The molecular weight excluding hydrogens is 296 g/mol. The molecule has 4 atom stereocenters. The molecule has 0 radical (unpaired) electrons. The van der Waals surface area contributed by atoms with Gasteiger partial charge in [0.1, 0.15) is 5.69 Å². The third-order valence-corrected chi connectivity index (χ3v) is 2.92. The summed E-state index contributed by atoms with van der Waals surface area (Å²) in [6.07, 6.45) is 0.447. The van der Waals surface area contributed by atoms with Crippen LogP contribution in [0.4, 0.5) is 17.1 Å². The van der Waals surface area contributed by atoms with Gasteiger partial charge in [-0.25, -0.2) is 10.4 Å². The molecule has 1 aromatic rings. The summed E-state index contributed by atoms with van der Waals surface area (Å²) in [6, 6.07) is 3.62. The first kappa shape index (κ1) is 18.4. The number of benzene rings is 1. The number of aliphatic hydroxyl groups excluding tert-OH is 2. The fraction of sp³-hybridized carbons (Fsp3) is 0.417. The Balaban J connectivity index is 2.65. The van der Waals surface area contributed by atoms with E-state index in [1.54, 1.807) is 0 Å². The highest BCUT2D eigenvalue weighted by Crippen LogP contribution is 2.20. The van der Waals surface area contributed by atoms with E-state index in [-0.39, 0.29) is 17.1 Å². The molecule has 0 bridgehead atoms. The Kier molecular flexibility index (Phi) is 7.31. The molecule has 10 heteroatoms. The van der Waals surface area contributed by atoms with E-state index in [0.29, 0.717) is 12.8 Å². The zero-order valence-electron chi connectivity index (χ0n) is 11.9. The second-order valence-electron chi connectivity index (χ2n) is 4.68. The predicted molar refractivity (Wildman–Crippen MR) is 77.0 cm³/mol. The van der Waals surface area contributed by atoms with Crippen LogP contribution in [0.3, 0.4) is 0 Å². The van der Waals surface area contributed by atoms with Crippen molar-refractivity contribution in [3.8, 4) is 0 Å². The smallest absolute Gasteiger partial charge is 0.195 e. The van der Waals surface area contributed by atoms with Crippen molar-refractivity contribution in [3.05, 3.63) is 28.6 Å². The van der Waals surface area contributed by atoms with Gasteiger partial charge in [0.15, 0.2) is 11.4 Å². The van der Waals surface area contributed by atoms with Crippen LogP contribution in [0.1, 0.15) is 19.8 Å². The average Bonchev–Trinajstić information content (AvgIpc) is 2.46. The first-order valence-electron chi connectivity index (χ1n) is 6.57. The SMILES string of the molecule is C[C@H](O)[C@@H](O)CCC=NNc1ccc([NH+]([O-])O)cc1[NH+]([O-])O. The van der Waals surface area contributed by atoms with Gasteiger partial charge in [-0.1, -0.05) is 0 Å². The van der Waals surface area contributed by atoms with Crippen LogP contribution < -0.4 is 15.9 Å². The van der Waals surface area contributed by atoms with Crippen molar-refractivity contribution in [2.75, 3.05) is 5.43 Å². The van der Waals surface area contributed by atoms with Crippen LogP contribution in [-0.2, 0) is 0 Å². The third kappa shape index (κ3) is 5.63. The average molecular weight is 316 g/mol. The number of hydrogen-bond acceptors (Lipinski definition) is 8. The minimum absolute atomic E-state index is 0.132. The van der Waals surface area contributed by atoms with Crippen LogP contribution in [0.15, 0.2) is 23.3 Å². The van der Waals surface area contributed by atoms with Gasteiger partial charge in [0, 0.05) is 12.3 Å². The number of quaternary nitrogens is 2. The lowest BCUT2D eigenvalue weighted by Gasteiger charge is -2.18. The number of rotatable bonds is 8. The minimum atomic E-state index is -1.27. The van der Waals surface area contributed by atoms with E-state index >= 15 is 0 Å². The highest BCUT2D eigenvalue weighted by atomic mass is 16.8. The molecule has 0 saturated carbocycles. The van der Waals surface area contributed by atoms with E-state index < -0.39 is 22.7 Å². The summed E-state index contributed by atoms with van der Waals surface area (Å²) in [5, 5.41) is 59.6. The van der Waals surface area contributed by atoms with Crippen LogP contribution in [0.25, 0.3) is 0 Å². The summed E-state index contributed by atoms with van der Waals surface area (Å²) in [5.41, 5.74) is 2.33. The Bertz CT molecular complexity index is 495. The maximum atomic E-state index is 11.1. The summed E-state index contributed by atoms with van der Waals surface area (Å²) in [7, 11) is 0. The Hall–Kier alpha value is -1.63. The molecule has 0 spiro atoms. The maximum absolute atomic E-state index is 11.1. The highest BCUT2D eigenvalue weighted by Gasteiger charge is 2.13. The third-order valence-electron chi connectivity index (χ3n) is 2.92. The lowest BCUT2D eigenvalue weighted by molar-refractivity contribution is -0.996. The van der Waals surface area contributed by atoms with Crippen LogP contribution in [0.2, 0.25) is 0 Å². The van der Waals surface area contributed by atoms with Crippen molar-refractivity contribution in [1.82, 2.24) is 0 Å². The van der Waals surface area contributed by atoms with Crippen LogP contribution >= 0.6 is 0 Å². The van der Waals surface area contributed by atoms with Gasteiger partial charge in [0.2, 0.25) is 0 Å². The molecule has 0 aromatic heterocycles. The van der Waals surface area contributed by atoms with E-state index in [4.69, 9.17) is 15.5 Å². The van der Waals surface area contributed by atoms with E-state index in [2.05, 4.69) is 10.5 Å². The maximum Gasteiger partial charge on any atom is 0.195 e. The van der Waals surface area contributed by atoms with Gasteiger partial charge in [-0.3, -0.25) is 5.43 Å². The van der Waals surface area contributed by atoms with Crippen molar-refractivity contribution in [2.45, 2.75) is 32.0 Å². The lowest BCUT2D eigenvalue weighted by Crippen LogP contribution is -3.00. The Labute approximate surface area is 126 Å². The molecule has 0 aliphatic rings. The van der Waals surface area contributed by atoms with E-state index in [1.807, 2.05) is 0 Å². The largest absolute Gasteiger partial charge is 0.595 e. The second kappa shape index (κ2) is 8.73. The van der Waals surface area contributed by atoms with Crippen molar-refractivity contribution in [2.24, 2.45) is 5.10 Å². The fourth-order valence-corrected chi connectivity index (χ4v) is 1.62. The number of nitrogens with zero attached hydrogens (tertiary/aromatic N) is 1. The molecule has 7 N–H and O–H groups in total. The number of nitrogens with one attached hydrogen (secondary N) is 3. The van der Waals surface area contributed by atoms with E-state index in [0.717, 1.165) is 6.07 Å². The van der Waals surface area contributed by atoms with Crippen LogP contribution in [-0.4, -0.2) is 39.1 Å². The standard InChI is InChI=1S/C12H20N4O6/c1-8(17)12(18)3-2-6-13-14-10-5-4-9(15(19)20)7-11(10)16(21)22/h4-8,12,14-19,21H,2-3H2,1H3/t8-,12-/m0/s1. The summed E-state index contributed by atoms with van der Waals surface area (Å²) in [6.45, 7) is 1.48. The van der Waals surface area contributed by atoms with Crippen molar-refractivity contribution < 1.29 is 31.1 Å². The topological polar surface area (TPSA) is 160 Å². The number of aliphatic hydroxyl groups is 2. The van der Waals surface area contributed by atoms with Crippen LogP contribution in [0.5, 0.6) is 0 Å². The fourth-order valence-electron chi connectivity index (χ4n) is 1.62. The predicted octanol–water partition coefficient (Wildman–Crippen LogP) is -1.59. The van der Waals surface area contributed by atoms with Crippen LogP contribution in [0, 0.1) is 10.4 Å². The monoisotopic (exact) mass is 316 g/mol. The molecule has 1 rings (SSSR count). The number of hydrogen-bond donors (Lipinski definition) is 7. The molecule has 22 heavy (non-hydrogen) atoms. The van der Waals surface area contributed by atoms with Crippen molar-refractivity contribution in [3.63, 3.8) is 0 Å². The summed E-state index contributed by atoms with van der Waals surface area (Å²) in [4.78, 5) is 0. The molecule has 0 aliphatic carbocycles. The Morgan fingerprint density at radius 1 is 1.27 bits per heavy atom. The first-order chi connectivity index (χ1) is 10.3. The normalized spacial score (nSPS) is 17.2. The summed E-state index contributed by atoms with van der Waals surface area (Å²) >= 11 is 0. The molecule has 124 valence electrons. The van der Waals surface area contributed by atoms with Gasteiger partial charge in [-0.15, -0.1) is 0 Å². The molecule has 0 amide bonds. The van der Waals surface area contributed by atoms with Gasteiger partial charge < -0.3 is 20.6 Å². The molecular formula is C12H20N4O6.